The molecule has 0 fully saturated rings. The smallest absolute Gasteiger partial charge is 0.246 e. The maximum absolute atomic E-state index is 12.6. The van der Waals surface area contributed by atoms with Gasteiger partial charge in [0.2, 0.25) is 17.7 Å². The Morgan fingerprint density at radius 3 is 2.32 bits per heavy atom. The van der Waals surface area contributed by atoms with Crippen molar-refractivity contribution in [3.63, 3.8) is 0 Å². The number of likely N-dealkylation sites (N-methyl/N-ethyl adjacent to an activating group) is 1. The summed E-state index contributed by atoms with van der Waals surface area (Å²) in [6, 6.07) is 16.4. The van der Waals surface area contributed by atoms with E-state index in [2.05, 4.69) is 5.32 Å². The van der Waals surface area contributed by atoms with Crippen LogP contribution in [-0.2, 0) is 14.4 Å². The zero-order valence-electron chi connectivity index (χ0n) is 15.9. The van der Waals surface area contributed by atoms with E-state index in [9.17, 15) is 14.4 Å². The number of nitrogens with one attached hydrogen (secondary N) is 2. The summed E-state index contributed by atoms with van der Waals surface area (Å²) in [7, 11) is 1.60. The van der Waals surface area contributed by atoms with Crippen molar-refractivity contribution in [2.24, 2.45) is 11.7 Å². The largest absolute Gasteiger partial charge is 0.370 e. The van der Waals surface area contributed by atoms with E-state index >= 15 is 0 Å². The van der Waals surface area contributed by atoms with Gasteiger partial charge in [-0.15, -0.1) is 0 Å². The Morgan fingerprint density at radius 1 is 1.07 bits per heavy atom. The second-order valence-corrected chi connectivity index (χ2v) is 6.50. The van der Waals surface area contributed by atoms with E-state index < -0.39 is 17.7 Å². The van der Waals surface area contributed by atoms with E-state index in [1.807, 2.05) is 36.4 Å². The van der Waals surface area contributed by atoms with E-state index in [1.54, 1.807) is 32.2 Å². The first-order valence-electron chi connectivity index (χ1n) is 8.87. The van der Waals surface area contributed by atoms with Gasteiger partial charge in [0, 0.05) is 30.5 Å². The van der Waals surface area contributed by atoms with Gasteiger partial charge in [-0.3, -0.25) is 19.8 Å². The third-order valence-corrected chi connectivity index (χ3v) is 4.34. The molecule has 0 aromatic heterocycles. The molecule has 0 saturated heterocycles. The van der Waals surface area contributed by atoms with E-state index in [1.165, 1.54) is 4.90 Å². The average Bonchev–Trinajstić information content (AvgIpc) is 2.70. The lowest BCUT2D eigenvalue weighted by Crippen LogP contribution is -2.41. The van der Waals surface area contributed by atoms with Crippen molar-refractivity contribution in [1.29, 1.82) is 5.41 Å². The SMILES string of the molecule is CC(CC(N)=O)C(=O)NCC(=O)N(C)c1ccccc1C(=N)c1ccccc1. The molecule has 7 heteroatoms. The molecule has 1 unspecified atom stereocenters. The van der Waals surface area contributed by atoms with Crippen LogP contribution in [0.25, 0.3) is 0 Å². The minimum absolute atomic E-state index is 0.0765. The predicted molar refractivity (Wildman–Crippen MR) is 108 cm³/mol. The molecule has 2 aromatic carbocycles. The summed E-state index contributed by atoms with van der Waals surface area (Å²) in [5.41, 5.74) is 7.31. The lowest BCUT2D eigenvalue weighted by atomic mass is 10.0. The fourth-order valence-electron chi connectivity index (χ4n) is 2.72. The molecule has 0 aliphatic heterocycles. The van der Waals surface area contributed by atoms with Gasteiger partial charge < -0.3 is 16.0 Å². The Bertz CT molecular complexity index is 880. The highest BCUT2D eigenvalue weighted by atomic mass is 16.2. The Labute approximate surface area is 164 Å². The standard InChI is InChI=1S/C21H24N4O3/c1-14(12-18(22)26)21(28)24-13-19(27)25(2)17-11-7-6-10-16(17)20(23)15-8-4-3-5-9-15/h3-11,14,23H,12-13H2,1-2H3,(H2,22,26)(H,24,28). The minimum Gasteiger partial charge on any atom is -0.370 e. The number of nitrogens with zero attached hydrogens (tertiary/aromatic N) is 1. The van der Waals surface area contributed by atoms with Gasteiger partial charge in [-0.1, -0.05) is 55.5 Å². The van der Waals surface area contributed by atoms with Crippen molar-refractivity contribution in [3.8, 4) is 0 Å². The number of hydrogen-bond donors (Lipinski definition) is 3. The van der Waals surface area contributed by atoms with Crippen molar-refractivity contribution < 1.29 is 14.4 Å². The number of nitrogens with two attached hydrogens (primary N) is 1. The maximum atomic E-state index is 12.6. The van der Waals surface area contributed by atoms with Gasteiger partial charge in [-0.05, 0) is 6.07 Å². The van der Waals surface area contributed by atoms with Crippen LogP contribution in [0.1, 0.15) is 24.5 Å². The molecule has 146 valence electrons. The second kappa shape index (κ2) is 9.45. The van der Waals surface area contributed by atoms with Crippen molar-refractivity contribution in [1.82, 2.24) is 5.32 Å². The van der Waals surface area contributed by atoms with Crippen LogP contribution in [0.15, 0.2) is 54.6 Å². The summed E-state index contributed by atoms with van der Waals surface area (Å²) in [5, 5.41) is 11.0. The van der Waals surface area contributed by atoms with Crippen molar-refractivity contribution in [2.45, 2.75) is 13.3 Å². The minimum atomic E-state index is -0.603. The molecule has 4 N–H and O–H groups in total. The first-order valence-corrected chi connectivity index (χ1v) is 8.87. The van der Waals surface area contributed by atoms with E-state index in [4.69, 9.17) is 11.1 Å². The van der Waals surface area contributed by atoms with E-state index in [-0.39, 0.29) is 18.9 Å². The molecule has 7 nitrogen and oxygen atoms in total. The van der Waals surface area contributed by atoms with Crippen LogP contribution in [0.4, 0.5) is 5.69 Å². The fraction of sp³-hybridized carbons (Fsp3) is 0.238. The number of carbonyl (C=O) groups excluding carboxylic acids is 3. The summed E-state index contributed by atoms with van der Waals surface area (Å²) in [4.78, 5) is 36.9. The number of para-hydroxylation sites is 1. The van der Waals surface area contributed by atoms with E-state index in [0.29, 0.717) is 17.0 Å². The Kier molecular flexibility index (Phi) is 7.03. The number of anilines is 1. The Morgan fingerprint density at radius 2 is 1.68 bits per heavy atom. The molecule has 0 aliphatic carbocycles. The van der Waals surface area contributed by atoms with Crippen molar-refractivity contribution >= 4 is 29.1 Å². The van der Waals surface area contributed by atoms with Crippen LogP contribution in [0.3, 0.4) is 0 Å². The lowest BCUT2D eigenvalue weighted by molar-refractivity contribution is -0.129. The zero-order chi connectivity index (χ0) is 20.7. The topological polar surface area (TPSA) is 116 Å². The monoisotopic (exact) mass is 380 g/mol. The molecular weight excluding hydrogens is 356 g/mol. The maximum Gasteiger partial charge on any atom is 0.246 e. The van der Waals surface area contributed by atoms with Gasteiger partial charge in [0.25, 0.3) is 0 Å². The van der Waals surface area contributed by atoms with Gasteiger partial charge in [-0.2, -0.15) is 0 Å². The number of rotatable bonds is 8. The lowest BCUT2D eigenvalue weighted by Gasteiger charge is -2.22. The predicted octanol–water partition coefficient (Wildman–Crippen LogP) is 1.69. The van der Waals surface area contributed by atoms with E-state index in [0.717, 1.165) is 5.56 Å². The summed E-state index contributed by atoms with van der Waals surface area (Å²) in [6.45, 7) is 1.36. The quantitative estimate of drug-likeness (QED) is 0.605. The van der Waals surface area contributed by atoms with Gasteiger partial charge in [0.05, 0.1) is 17.9 Å². The van der Waals surface area contributed by atoms with Crippen LogP contribution in [0.2, 0.25) is 0 Å². The summed E-state index contributed by atoms with van der Waals surface area (Å²) >= 11 is 0. The molecule has 0 saturated carbocycles. The van der Waals surface area contributed by atoms with Crippen LogP contribution >= 0.6 is 0 Å². The highest BCUT2D eigenvalue weighted by Crippen LogP contribution is 2.22. The molecule has 1 atom stereocenters. The van der Waals surface area contributed by atoms with Gasteiger partial charge in [-0.25, -0.2) is 0 Å². The average molecular weight is 380 g/mol. The third kappa shape index (κ3) is 5.26. The summed E-state index contributed by atoms with van der Waals surface area (Å²) in [5.74, 6) is -1.92. The molecular formula is C21H24N4O3. The first-order chi connectivity index (χ1) is 13.3. The molecule has 2 rings (SSSR count). The highest BCUT2D eigenvalue weighted by Gasteiger charge is 2.20. The molecule has 0 bridgehead atoms. The Hall–Kier alpha value is -3.48. The number of primary amides is 1. The van der Waals surface area contributed by atoms with Crippen LogP contribution in [0.5, 0.6) is 0 Å². The molecule has 0 heterocycles. The van der Waals surface area contributed by atoms with Crippen LogP contribution in [-0.4, -0.2) is 37.0 Å². The zero-order valence-corrected chi connectivity index (χ0v) is 15.9. The van der Waals surface area contributed by atoms with Gasteiger partial charge in [0.15, 0.2) is 0 Å². The summed E-state index contributed by atoms with van der Waals surface area (Å²) in [6.07, 6.45) is -0.0765. The van der Waals surface area contributed by atoms with Crippen LogP contribution < -0.4 is 16.0 Å². The number of hydrogen-bond acceptors (Lipinski definition) is 4. The van der Waals surface area contributed by atoms with Gasteiger partial charge in [0.1, 0.15) is 0 Å². The summed E-state index contributed by atoms with van der Waals surface area (Å²) < 4.78 is 0. The normalized spacial score (nSPS) is 11.4. The van der Waals surface area contributed by atoms with Crippen molar-refractivity contribution in [3.05, 3.63) is 65.7 Å². The molecule has 0 spiro atoms. The molecule has 28 heavy (non-hydrogen) atoms. The molecule has 2 aromatic rings. The number of carbonyl (C=O) groups is 3. The highest BCUT2D eigenvalue weighted by molar-refractivity contribution is 6.15. The second-order valence-electron chi connectivity index (χ2n) is 6.50. The van der Waals surface area contributed by atoms with Crippen molar-refractivity contribution in [2.75, 3.05) is 18.5 Å². The number of benzene rings is 2. The number of amides is 3. The van der Waals surface area contributed by atoms with Gasteiger partial charge >= 0.3 is 0 Å². The third-order valence-electron chi connectivity index (χ3n) is 4.34. The first kappa shape index (κ1) is 20.8. The molecule has 3 amide bonds. The van der Waals surface area contributed by atoms with Crippen LogP contribution in [0, 0.1) is 11.3 Å². The molecule has 0 radical (unpaired) electrons. The molecule has 0 aliphatic rings. The Balaban J connectivity index is 2.11. The fourth-order valence-corrected chi connectivity index (χ4v) is 2.72.